The van der Waals surface area contributed by atoms with Crippen LogP contribution in [-0.4, -0.2) is 23.7 Å². The van der Waals surface area contributed by atoms with Gasteiger partial charge in [0, 0.05) is 19.0 Å². The van der Waals surface area contributed by atoms with E-state index in [-0.39, 0.29) is 18.5 Å². The van der Waals surface area contributed by atoms with E-state index < -0.39 is 23.6 Å². The molecule has 0 spiro atoms. The number of furan rings is 1. The number of aliphatic hydroxyl groups excluding tert-OH is 1. The predicted octanol–water partition coefficient (Wildman–Crippen LogP) is 1.89. The molecule has 0 aliphatic carbocycles. The average molecular weight is 281 g/mol. The van der Waals surface area contributed by atoms with E-state index in [2.05, 4.69) is 5.32 Å². The van der Waals surface area contributed by atoms with E-state index in [0.717, 1.165) is 12.1 Å². The van der Waals surface area contributed by atoms with Crippen molar-refractivity contribution in [2.24, 2.45) is 0 Å². The number of aliphatic hydroxyl groups is 1. The summed E-state index contributed by atoms with van der Waals surface area (Å²) >= 11 is 0. The van der Waals surface area contributed by atoms with Gasteiger partial charge in [0.2, 0.25) is 0 Å². The molecule has 1 aromatic heterocycles. The Morgan fingerprint density at radius 2 is 2.15 bits per heavy atom. The van der Waals surface area contributed by atoms with Crippen LogP contribution in [0.3, 0.4) is 0 Å². The van der Waals surface area contributed by atoms with Crippen molar-refractivity contribution < 1.29 is 23.1 Å². The predicted molar refractivity (Wildman–Crippen MR) is 67.1 cm³/mol. The fourth-order valence-electron chi connectivity index (χ4n) is 1.72. The summed E-state index contributed by atoms with van der Waals surface area (Å²) in [7, 11) is 0. The molecular formula is C14H13F2NO3. The third-order valence-electron chi connectivity index (χ3n) is 2.75. The maximum Gasteiger partial charge on any atom is 0.254 e. The molecule has 1 atom stereocenters. The van der Waals surface area contributed by atoms with Crippen molar-refractivity contribution in [3.05, 3.63) is 59.6 Å². The zero-order valence-electron chi connectivity index (χ0n) is 10.5. The Balaban J connectivity index is 1.86. The van der Waals surface area contributed by atoms with Crippen molar-refractivity contribution in [2.75, 3.05) is 6.54 Å². The average Bonchev–Trinajstić information content (AvgIpc) is 2.93. The van der Waals surface area contributed by atoms with Gasteiger partial charge in [-0.15, -0.1) is 0 Å². The fraction of sp³-hybridized carbons (Fsp3) is 0.214. The Morgan fingerprint density at radius 3 is 2.80 bits per heavy atom. The molecule has 2 aromatic rings. The number of benzene rings is 1. The lowest BCUT2D eigenvalue weighted by Crippen LogP contribution is -2.33. The van der Waals surface area contributed by atoms with Gasteiger partial charge in [-0.1, -0.05) is 6.07 Å². The van der Waals surface area contributed by atoms with Crippen LogP contribution in [0, 0.1) is 11.6 Å². The molecule has 1 heterocycles. The number of amides is 1. The van der Waals surface area contributed by atoms with Gasteiger partial charge in [0.05, 0.1) is 17.9 Å². The van der Waals surface area contributed by atoms with Crippen molar-refractivity contribution in [3.8, 4) is 0 Å². The topological polar surface area (TPSA) is 62.5 Å². The normalized spacial score (nSPS) is 12.2. The highest BCUT2D eigenvalue weighted by Crippen LogP contribution is 2.11. The van der Waals surface area contributed by atoms with Crippen LogP contribution in [0.25, 0.3) is 0 Å². The molecule has 0 bridgehead atoms. The van der Waals surface area contributed by atoms with Crippen LogP contribution >= 0.6 is 0 Å². The van der Waals surface area contributed by atoms with Crippen molar-refractivity contribution in [1.82, 2.24) is 5.32 Å². The van der Waals surface area contributed by atoms with Crippen molar-refractivity contribution in [2.45, 2.75) is 12.5 Å². The molecule has 0 fully saturated rings. The van der Waals surface area contributed by atoms with Gasteiger partial charge >= 0.3 is 0 Å². The number of carbonyl (C=O) groups excluding carboxylic acids is 1. The third-order valence-corrected chi connectivity index (χ3v) is 2.75. The summed E-state index contributed by atoms with van der Waals surface area (Å²) in [4.78, 5) is 11.6. The van der Waals surface area contributed by atoms with E-state index in [1.807, 2.05) is 0 Å². The first-order chi connectivity index (χ1) is 9.56. The quantitative estimate of drug-likeness (QED) is 0.879. The van der Waals surface area contributed by atoms with Gasteiger partial charge < -0.3 is 14.8 Å². The zero-order chi connectivity index (χ0) is 14.5. The Kier molecular flexibility index (Phi) is 4.47. The highest BCUT2D eigenvalue weighted by molar-refractivity contribution is 5.93. The largest absolute Gasteiger partial charge is 0.472 e. The summed E-state index contributed by atoms with van der Waals surface area (Å²) in [5.41, 5.74) is 0.529. The SMILES string of the molecule is O=C(NC[C@@H](O)Cc1ccc(F)cc1F)c1ccoc1. The Morgan fingerprint density at radius 1 is 1.35 bits per heavy atom. The van der Waals surface area contributed by atoms with Gasteiger partial charge in [0.15, 0.2) is 0 Å². The smallest absolute Gasteiger partial charge is 0.254 e. The molecule has 6 heteroatoms. The molecule has 4 nitrogen and oxygen atoms in total. The minimum absolute atomic E-state index is 0.0161. The minimum atomic E-state index is -0.967. The molecule has 20 heavy (non-hydrogen) atoms. The Bertz CT molecular complexity index is 584. The standard InChI is InChI=1S/C14H13F2NO3/c15-11-2-1-9(13(16)6-11)5-12(18)7-17-14(19)10-3-4-20-8-10/h1-4,6,8,12,18H,5,7H2,(H,17,19)/t12-/m0/s1. The van der Waals surface area contributed by atoms with Gasteiger partial charge in [0.25, 0.3) is 5.91 Å². The minimum Gasteiger partial charge on any atom is -0.472 e. The van der Waals surface area contributed by atoms with Gasteiger partial charge in [-0.25, -0.2) is 8.78 Å². The van der Waals surface area contributed by atoms with Crippen molar-refractivity contribution in [1.29, 1.82) is 0 Å². The zero-order valence-corrected chi connectivity index (χ0v) is 10.5. The van der Waals surface area contributed by atoms with Crippen LogP contribution in [0.2, 0.25) is 0 Å². The highest BCUT2D eigenvalue weighted by Gasteiger charge is 2.13. The van der Waals surface area contributed by atoms with Gasteiger partial charge in [-0.05, 0) is 17.7 Å². The number of nitrogens with one attached hydrogen (secondary N) is 1. The lowest BCUT2D eigenvalue weighted by molar-refractivity contribution is 0.0915. The Hall–Kier alpha value is -2.21. The van der Waals surface area contributed by atoms with Crippen molar-refractivity contribution in [3.63, 3.8) is 0 Å². The van der Waals surface area contributed by atoms with Gasteiger partial charge in [-0.3, -0.25) is 4.79 Å². The molecule has 2 rings (SSSR count). The molecule has 0 unspecified atom stereocenters. The van der Waals surface area contributed by atoms with E-state index in [0.29, 0.717) is 5.56 Å². The first-order valence-electron chi connectivity index (χ1n) is 5.98. The molecule has 0 aliphatic heterocycles. The van der Waals surface area contributed by atoms with Crippen LogP contribution < -0.4 is 5.32 Å². The molecule has 1 amide bonds. The fourth-order valence-corrected chi connectivity index (χ4v) is 1.72. The molecule has 0 radical (unpaired) electrons. The van der Waals surface area contributed by atoms with Gasteiger partial charge in [0.1, 0.15) is 17.9 Å². The number of rotatable bonds is 5. The number of hydrogen-bond donors (Lipinski definition) is 2. The molecule has 106 valence electrons. The molecular weight excluding hydrogens is 268 g/mol. The van der Waals surface area contributed by atoms with Gasteiger partial charge in [-0.2, -0.15) is 0 Å². The van der Waals surface area contributed by atoms with E-state index in [9.17, 15) is 18.7 Å². The molecule has 0 saturated heterocycles. The maximum absolute atomic E-state index is 13.4. The molecule has 0 saturated carbocycles. The summed E-state index contributed by atoms with van der Waals surface area (Å²) in [5.74, 6) is -1.78. The second-order valence-electron chi connectivity index (χ2n) is 4.32. The second kappa shape index (κ2) is 6.29. The first kappa shape index (κ1) is 14.2. The second-order valence-corrected chi connectivity index (χ2v) is 4.32. The first-order valence-corrected chi connectivity index (χ1v) is 5.98. The third kappa shape index (κ3) is 3.64. The van der Waals surface area contributed by atoms with Crippen LogP contribution in [0.4, 0.5) is 8.78 Å². The van der Waals surface area contributed by atoms with E-state index >= 15 is 0 Å². The number of hydrogen-bond acceptors (Lipinski definition) is 3. The summed E-state index contributed by atoms with van der Waals surface area (Å²) in [5, 5.41) is 12.2. The summed E-state index contributed by atoms with van der Waals surface area (Å²) in [6, 6.07) is 4.63. The van der Waals surface area contributed by atoms with E-state index in [1.54, 1.807) is 0 Å². The lowest BCUT2D eigenvalue weighted by atomic mass is 10.1. The van der Waals surface area contributed by atoms with Crippen LogP contribution in [0.1, 0.15) is 15.9 Å². The summed E-state index contributed by atoms with van der Waals surface area (Å²) < 4.78 is 30.9. The summed E-state index contributed by atoms with van der Waals surface area (Å²) in [6.45, 7) is -0.0408. The Labute approximate surface area is 114 Å². The summed E-state index contributed by atoms with van der Waals surface area (Å²) in [6.07, 6.45) is 1.66. The molecule has 0 aliphatic rings. The maximum atomic E-state index is 13.4. The van der Waals surface area contributed by atoms with Crippen LogP contribution in [-0.2, 0) is 6.42 Å². The monoisotopic (exact) mass is 281 g/mol. The van der Waals surface area contributed by atoms with Crippen LogP contribution in [0.5, 0.6) is 0 Å². The lowest BCUT2D eigenvalue weighted by Gasteiger charge is -2.12. The number of halogens is 2. The molecule has 2 N–H and O–H groups in total. The van der Waals surface area contributed by atoms with Crippen molar-refractivity contribution >= 4 is 5.91 Å². The highest BCUT2D eigenvalue weighted by atomic mass is 19.1. The van der Waals surface area contributed by atoms with Crippen LogP contribution in [0.15, 0.2) is 41.2 Å². The van der Waals surface area contributed by atoms with E-state index in [4.69, 9.17) is 4.42 Å². The number of carbonyl (C=O) groups is 1. The molecule has 1 aromatic carbocycles. The van der Waals surface area contributed by atoms with E-state index in [1.165, 1.54) is 24.7 Å².